The van der Waals surface area contributed by atoms with Crippen molar-refractivity contribution in [2.24, 2.45) is 0 Å². The fourth-order valence-corrected chi connectivity index (χ4v) is 3.14. The van der Waals surface area contributed by atoms with E-state index in [9.17, 15) is 14.4 Å². The highest BCUT2D eigenvalue weighted by atomic mass is 16.5. The molecule has 0 radical (unpaired) electrons. The number of nitrogens with one attached hydrogen (secondary N) is 1. The number of amides is 1. The van der Waals surface area contributed by atoms with Crippen LogP contribution in [0.5, 0.6) is 17.2 Å². The fraction of sp³-hybridized carbons (Fsp3) is 0.269. The first-order valence-corrected chi connectivity index (χ1v) is 11.0. The van der Waals surface area contributed by atoms with Gasteiger partial charge in [0.05, 0.1) is 13.2 Å². The van der Waals surface area contributed by atoms with E-state index in [0.717, 1.165) is 5.56 Å². The van der Waals surface area contributed by atoms with Gasteiger partial charge in [0.15, 0.2) is 11.5 Å². The van der Waals surface area contributed by atoms with Crippen LogP contribution in [0.25, 0.3) is 17.0 Å². The zero-order valence-corrected chi connectivity index (χ0v) is 19.5. The van der Waals surface area contributed by atoms with Crippen molar-refractivity contribution in [2.75, 3.05) is 13.2 Å². The van der Waals surface area contributed by atoms with Gasteiger partial charge in [-0.2, -0.15) is 0 Å². The second-order valence-electron chi connectivity index (χ2n) is 7.60. The van der Waals surface area contributed by atoms with Crippen molar-refractivity contribution in [3.63, 3.8) is 0 Å². The third-order valence-electron chi connectivity index (χ3n) is 4.57. The van der Waals surface area contributed by atoms with E-state index < -0.39 is 17.5 Å². The molecule has 1 amide bonds. The summed E-state index contributed by atoms with van der Waals surface area (Å²) >= 11 is 0. The first-order valence-electron chi connectivity index (χ1n) is 11.0. The lowest BCUT2D eigenvalue weighted by Crippen LogP contribution is -2.33. The Hall–Kier alpha value is -4.07. The summed E-state index contributed by atoms with van der Waals surface area (Å²) in [5, 5.41) is 3.19. The summed E-state index contributed by atoms with van der Waals surface area (Å²) < 4.78 is 21.7. The molecule has 178 valence electrons. The van der Waals surface area contributed by atoms with Crippen molar-refractivity contribution in [3.8, 4) is 17.2 Å². The maximum atomic E-state index is 12.3. The smallest absolute Gasteiger partial charge is 0.349 e. The van der Waals surface area contributed by atoms with Crippen LogP contribution in [0.1, 0.15) is 43.6 Å². The summed E-state index contributed by atoms with van der Waals surface area (Å²) in [4.78, 5) is 36.7. The van der Waals surface area contributed by atoms with Crippen LogP contribution < -0.4 is 25.2 Å². The molecular weight excluding hydrogens is 438 g/mol. The molecule has 0 aliphatic carbocycles. The van der Waals surface area contributed by atoms with Gasteiger partial charge in [-0.25, -0.2) is 9.59 Å². The maximum Gasteiger partial charge on any atom is 0.349 e. The van der Waals surface area contributed by atoms with E-state index in [1.165, 1.54) is 18.2 Å². The molecule has 0 fully saturated rings. The molecule has 0 atom stereocenters. The van der Waals surface area contributed by atoms with Crippen molar-refractivity contribution >= 4 is 28.9 Å². The van der Waals surface area contributed by atoms with Crippen LogP contribution in [0.2, 0.25) is 0 Å². The lowest BCUT2D eigenvalue weighted by Gasteiger charge is -2.11. The Balaban J connectivity index is 1.74. The molecule has 1 heterocycles. The molecule has 3 aromatic rings. The Morgan fingerprint density at radius 3 is 2.44 bits per heavy atom. The molecule has 34 heavy (non-hydrogen) atoms. The molecule has 0 saturated carbocycles. The van der Waals surface area contributed by atoms with Gasteiger partial charge in [-0.1, -0.05) is 6.07 Å². The Morgan fingerprint density at radius 2 is 1.74 bits per heavy atom. The Labute approximate surface area is 197 Å². The van der Waals surface area contributed by atoms with Crippen LogP contribution in [0.3, 0.4) is 0 Å². The van der Waals surface area contributed by atoms with Crippen LogP contribution in [0.4, 0.5) is 0 Å². The summed E-state index contributed by atoms with van der Waals surface area (Å²) in [7, 11) is 0. The van der Waals surface area contributed by atoms with Gasteiger partial charge in [-0.05, 0) is 69.7 Å². The summed E-state index contributed by atoms with van der Waals surface area (Å²) in [6, 6.07) is 11.3. The zero-order valence-electron chi connectivity index (χ0n) is 19.5. The SMILES string of the molecule is CCOc1ccc(/C=C/C(=O)Oc2ccc3cc(C(=O)NC(C)C)c(=O)oc3c2)cc1OCC. The minimum absolute atomic E-state index is 0.0874. The number of hydrogen-bond donors (Lipinski definition) is 1. The number of esters is 1. The van der Waals surface area contributed by atoms with E-state index in [4.69, 9.17) is 18.6 Å². The highest BCUT2D eigenvalue weighted by Crippen LogP contribution is 2.29. The maximum absolute atomic E-state index is 12.3. The van der Waals surface area contributed by atoms with Crippen molar-refractivity contribution < 1.29 is 28.2 Å². The number of benzene rings is 2. The Kier molecular flexibility index (Phi) is 8.08. The quantitative estimate of drug-likeness (QED) is 0.217. The molecule has 0 aliphatic rings. The average molecular weight is 466 g/mol. The highest BCUT2D eigenvalue weighted by Gasteiger charge is 2.15. The van der Waals surface area contributed by atoms with Crippen LogP contribution in [0.15, 0.2) is 57.8 Å². The van der Waals surface area contributed by atoms with E-state index >= 15 is 0 Å². The van der Waals surface area contributed by atoms with Crippen molar-refractivity contribution in [3.05, 3.63) is 70.1 Å². The summed E-state index contributed by atoms with van der Waals surface area (Å²) in [5.74, 6) is 0.304. The number of carbonyl (C=O) groups excluding carboxylic acids is 2. The van der Waals surface area contributed by atoms with E-state index in [0.29, 0.717) is 30.1 Å². The van der Waals surface area contributed by atoms with Gasteiger partial charge in [-0.3, -0.25) is 4.79 Å². The van der Waals surface area contributed by atoms with E-state index in [1.54, 1.807) is 50.3 Å². The normalized spacial score (nSPS) is 11.1. The van der Waals surface area contributed by atoms with E-state index in [1.807, 2.05) is 13.8 Å². The largest absolute Gasteiger partial charge is 0.490 e. The number of rotatable bonds is 9. The lowest BCUT2D eigenvalue weighted by molar-refractivity contribution is -0.128. The second kappa shape index (κ2) is 11.2. The second-order valence-corrected chi connectivity index (χ2v) is 7.60. The molecule has 3 rings (SSSR count). The standard InChI is InChI=1S/C26H27NO7/c1-5-31-21-11-7-17(13-23(21)32-6-2)8-12-24(28)33-19-10-9-18-14-20(25(29)27-16(3)4)26(30)34-22(18)15-19/h7-16H,5-6H2,1-4H3,(H,27,29)/b12-8+. The van der Waals surface area contributed by atoms with Crippen LogP contribution in [-0.2, 0) is 4.79 Å². The predicted octanol–water partition coefficient (Wildman–Crippen LogP) is 4.35. The number of hydrogen-bond acceptors (Lipinski definition) is 7. The molecule has 0 spiro atoms. The topological polar surface area (TPSA) is 104 Å². The Bertz CT molecular complexity index is 1270. The third kappa shape index (κ3) is 6.25. The van der Waals surface area contributed by atoms with Gasteiger partial charge in [-0.15, -0.1) is 0 Å². The van der Waals surface area contributed by atoms with Gasteiger partial charge in [0, 0.05) is 23.6 Å². The van der Waals surface area contributed by atoms with Gasteiger partial charge in [0.1, 0.15) is 16.9 Å². The van der Waals surface area contributed by atoms with Crippen LogP contribution >= 0.6 is 0 Å². The predicted molar refractivity (Wildman–Crippen MR) is 129 cm³/mol. The number of carbonyl (C=O) groups is 2. The summed E-state index contributed by atoms with van der Waals surface area (Å²) in [6.45, 7) is 8.35. The van der Waals surface area contributed by atoms with Gasteiger partial charge < -0.3 is 23.9 Å². The molecule has 2 aromatic carbocycles. The first-order chi connectivity index (χ1) is 16.3. The molecule has 1 N–H and O–H groups in total. The van der Waals surface area contributed by atoms with Crippen LogP contribution in [-0.4, -0.2) is 31.1 Å². The molecule has 8 nitrogen and oxygen atoms in total. The molecular formula is C26H27NO7. The lowest BCUT2D eigenvalue weighted by atomic mass is 10.1. The van der Waals surface area contributed by atoms with Gasteiger partial charge in [0.2, 0.25) is 0 Å². The molecule has 0 unspecified atom stereocenters. The first kappa shape index (κ1) is 24.6. The Morgan fingerprint density at radius 1 is 1.00 bits per heavy atom. The van der Waals surface area contributed by atoms with Gasteiger partial charge in [0.25, 0.3) is 5.91 Å². The minimum atomic E-state index is -0.769. The highest BCUT2D eigenvalue weighted by molar-refractivity contribution is 5.97. The molecule has 0 aliphatic heterocycles. The van der Waals surface area contributed by atoms with Crippen molar-refractivity contribution in [2.45, 2.75) is 33.7 Å². The number of fused-ring (bicyclic) bond motifs is 1. The van der Waals surface area contributed by atoms with Gasteiger partial charge >= 0.3 is 11.6 Å². The fourth-order valence-electron chi connectivity index (χ4n) is 3.14. The molecule has 0 saturated heterocycles. The molecule has 0 bridgehead atoms. The summed E-state index contributed by atoms with van der Waals surface area (Å²) in [5.41, 5.74) is 0.0825. The average Bonchev–Trinajstić information content (AvgIpc) is 2.78. The number of ether oxygens (including phenoxy) is 3. The van der Waals surface area contributed by atoms with E-state index in [-0.39, 0.29) is 22.9 Å². The van der Waals surface area contributed by atoms with Crippen LogP contribution in [0, 0.1) is 0 Å². The third-order valence-corrected chi connectivity index (χ3v) is 4.57. The minimum Gasteiger partial charge on any atom is -0.490 e. The van der Waals surface area contributed by atoms with E-state index in [2.05, 4.69) is 5.32 Å². The summed E-state index contributed by atoms with van der Waals surface area (Å²) in [6.07, 6.45) is 2.88. The van der Waals surface area contributed by atoms with Crippen molar-refractivity contribution in [1.29, 1.82) is 0 Å². The molecule has 1 aromatic heterocycles. The van der Waals surface area contributed by atoms with Crippen molar-refractivity contribution in [1.82, 2.24) is 5.32 Å². The molecule has 8 heteroatoms. The zero-order chi connectivity index (χ0) is 24.7. The monoisotopic (exact) mass is 465 g/mol.